The van der Waals surface area contributed by atoms with E-state index >= 15 is 0 Å². The van der Waals surface area contributed by atoms with Crippen LogP contribution < -0.4 is 4.74 Å². The van der Waals surface area contributed by atoms with Crippen LogP contribution >= 0.6 is 0 Å². The van der Waals surface area contributed by atoms with Crippen LogP contribution in [0.15, 0.2) is 42.6 Å². The van der Waals surface area contributed by atoms with Gasteiger partial charge in [-0.1, -0.05) is 19.4 Å². The van der Waals surface area contributed by atoms with Gasteiger partial charge in [-0.25, -0.2) is 4.98 Å². The van der Waals surface area contributed by atoms with Crippen LogP contribution in [0.5, 0.6) is 17.4 Å². The minimum absolute atomic E-state index is 0.226. The maximum absolute atomic E-state index is 9.15. The van der Waals surface area contributed by atoms with Crippen molar-refractivity contribution in [3.8, 4) is 17.4 Å². The summed E-state index contributed by atoms with van der Waals surface area (Å²) in [6.45, 7) is 2.14. The minimum Gasteiger partial charge on any atom is -0.508 e. The van der Waals surface area contributed by atoms with Gasteiger partial charge < -0.3 is 9.84 Å². The fourth-order valence-corrected chi connectivity index (χ4v) is 1.54. The molecular weight excluding hydrogens is 214 g/mol. The molecule has 0 aliphatic carbocycles. The van der Waals surface area contributed by atoms with Gasteiger partial charge in [-0.3, -0.25) is 0 Å². The number of aryl methyl sites for hydroxylation is 1. The molecule has 0 spiro atoms. The lowest BCUT2D eigenvalue weighted by atomic mass is 10.2. The van der Waals surface area contributed by atoms with E-state index in [1.807, 2.05) is 18.3 Å². The number of hydrogen-bond donors (Lipinski definition) is 1. The molecule has 0 fully saturated rings. The van der Waals surface area contributed by atoms with E-state index in [4.69, 9.17) is 9.84 Å². The molecule has 1 aromatic heterocycles. The highest BCUT2D eigenvalue weighted by Gasteiger charge is 1.99. The van der Waals surface area contributed by atoms with Crippen LogP contribution in [0.4, 0.5) is 0 Å². The van der Waals surface area contributed by atoms with Crippen LogP contribution in [0, 0.1) is 0 Å². The molecule has 2 aromatic rings. The largest absolute Gasteiger partial charge is 0.508 e. The van der Waals surface area contributed by atoms with Crippen LogP contribution in [0.2, 0.25) is 0 Å². The third kappa shape index (κ3) is 3.21. The van der Waals surface area contributed by atoms with Gasteiger partial charge in [0.05, 0.1) is 0 Å². The zero-order valence-electron chi connectivity index (χ0n) is 9.76. The van der Waals surface area contributed by atoms with E-state index in [0.717, 1.165) is 12.8 Å². The van der Waals surface area contributed by atoms with E-state index in [9.17, 15) is 0 Å². The van der Waals surface area contributed by atoms with Gasteiger partial charge in [-0.05, 0) is 36.2 Å². The first-order valence-corrected chi connectivity index (χ1v) is 5.70. The van der Waals surface area contributed by atoms with Crippen LogP contribution in [0.25, 0.3) is 0 Å². The number of nitrogens with zero attached hydrogens (tertiary/aromatic N) is 1. The van der Waals surface area contributed by atoms with Gasteiger partial charge in [0.2, 0.25) is 5.88 Å². The molecule has 0 saturated carbocycles. The molecule has 88 valence electrons. The van der Waals surface area contributed by atoms with Crippen molar-refractivity contribution in [1.29, 1.82) is 0 Å². The first-order chi connectivity index (χ1) is 8.28. The average Bonchev–Trinajstić information content (AvgIpc) is 2.35. The van der Waals surface area contributed by atoms with Gasteiger partial charge in [-0.2, -0.15) is 0 Å². The van der Waals surface area contributed by atoms with Gasteiger partial charge in [0.25, 0.3) is 0 Å². The zero-order valence-corrected chi connectivity index (χ0v) is 9.76. The van der Waals surface area contributed by atoms with E-state index in [2.05, 4.69) is 11.9 Å². The van der Waals surface area contributed by atoms with Gasteiger partial charge >= 0.3 is 0 Å². The molecule has 3 heteroatoms. The third-order valence-electron chi connectivity index (χ3n) is 2.40. The molecule has 1 heterocycles. The average molecular weight is 229 g/mol. The normalized spacial score (nSPS) is 10.2. The van der Waals surface area contributed by atoms with Gasteiger partial charge in [-0.15, -0.1) is 0 Å². The number of hydrogen-bond acceptors (Lipinski definition) is 3. The first-order valence-electron chi connectivity index (χ1n) is 5.70. The smallest absolute Gasteiger partial charge is 0.219 e. The molecule has 2 rings (SSSR count). The van der Waals surface area contributed by atoms with E-state index in [1.54, 1.807) is 24.3 Å². The maximum atomic E-state index is 9.15. The molecule has 1 aromatic carbocycles. The molecule has 0 radical (unpaired) electrons. The Hall–Kier alpha value is -2.03. The summed E-state index contributed by atoms with van der Waals surface area (Å²) in [7, 11) is 0. The predicted octanol–water partition coefficient (Wildman–Crippen LogP) is 3.53. The molecule has 1 N–H and O–H groups in total. The van der Waals surface area contributed by atoms with Crippen molar-refractivity contribution in [1.82, 2.24) is 4.98 Å². The number of ether oxygens (including phenoxy) is 1. The number of benzene rings is 1. The molecule has 0 aliphatic rings. The Balaban J connectivity index is 2.05. The van der Waals surface area contributed by atoms with E-state index < -0.39 is 0 Å². The Morgan fingerprint density at radius 2 is 1.88 bits per heavy atom. The summed E-state index contributed by atoms with van der Waals surface area (Å²) in [5, 5.41) is 9.15. The van der Waals surface area contributed by atoms with E-state index in [1.165, 1.54) is 5.56 Å². The Kier molecular flexibility index (Phi) is 3.60. The molecular formula is C14H15NO2. The number of pyridine rings is 1. The molecule has 0 atom stereocenters. The summed E-state index contributed by atoms with van der Waals surface area (Å²) >= 11 is 0. The van der Waals surface area contributed by atoms with Crippen molar-refractivity contribution in [3.05, 3.63) is 48.2 Å². The maximum Gasteiger partial charge on any atom is 0.219 e. The van der Waals surface area contributed by atoms with Crippen molar-refractivity contribution < 1.29 is 9.84 Å². The van der Waals surface area contributed by atoms with Crippen LogP contribution in [0.3, 0.4) is 0 Å². The Morgan fingerprint density at radius 3 is 2.47 bits per heavy atom. The van der Waals surface area contributed by atoms with Crippen LogP contribution in [-0.2, 0) is 6.42 Å². The fourth-order valence-electron chi connectivity index (χ4n) is 1.54. The van der Waals surface area contributed by atoms with E-state index in [0.29, 0.717) is 11.6 Å². The zero-order chi connectivity index (χ0) is 12.1. The fraction of sp³-hybridized carbons (Fsp3) is 0.214. The number of aromatic nitrogens is 1. The molecule has 0 unspecified atom stereocenters. The number of rotatable bonds is 4. The van der Waals surface area contributed by atoms with Crippen molar-refractivity contribution in [2.24, 2.45) is 0 Å². The lowest BCUT2D eigenvalue weighted by Crippen LogP contribution is -1.89. The van der Waals surface area contributed by atoms with Gasteiger partial charge in [0.1, 0.15) is 11.5 Å². The number of phenols is 1. The molecule has 0 saturated heterocycles. The summed E-state index contributed by atoms with van der Waals surface area (Å²) in [5.41, 5.74) is 1.21. The molecule has 0 bridgehead atoms. The molecule has 3 nitrogen and oxygen atoms in total. The SMILES string of the molecule is CCCc1ccc(Oc2ccc(O)cc2)nc1. The van der Waals surface area contributed by atoms with Gasteiger partial charge in [0, 0.05) is 12.3 Å². The van der Waals surface area contributed by atoms with Crippen molar-refractivity contribution in [3.63, 3.8) is 0 Å². The first kappa shape index (κ1) is 11.5. The number of phenolic OH excluding ortho intramolecular Hbond substituents is 1. The Bertz CT molecular complexity index is 463. The Morgan fingerprint density at radius 1 is 1.12 bits per heavy atom. The van der Waals surface area contributed by atoms with Gasteiger partial charge in [0.15, 0.2) is 0 Å². The quantitative estimate of drug-likeness (QED) is 0.872. The minimum atomic E-state index is 0.226. The topological polar surface area (TPSA) is 42.4 Å². The predicted molar refractivity (Wildman–Crippen MR) is 66.4 cm³/mol. The summed E-state index contributed by atoms with van der Waals surface area (Å²) < 4.78 is 5.54. The summed E-state index contributed by atoms with van der Waals surface area (Å²) in [6.07, 6.45) is 3.98. The highest BCUT2D eigenvalue weighted by Crippen LogP contribution is 2.21. The molecule has 17 heavy (non-hydrogen) atoms. The van der Waals surface area contributed by atoms with Crippen LogP contribution in [0.1, 0.15) is 18.9 Å². The second kappa shape index (κ2) is 5.34. The lowest BCUT2D eigenvalue weighted by Gasteiger charge is -2.05. The van der Waals surface area contributed by atoms with Crippen molar-refractivity contribution in [2.75, 3.05) is 0 Å². The Labute approximate surface area is 101 Å². The second-order valence-electron chi connectivity index (χ2n) is 3.85. The number of aromatic hydroxyl groups is 1. The van der Waals surface area contributed by atoms with Crippen molar-refractivity contribution >= 4 is 0 Å². The monoisotopic (exact) mass is 229 g/mol. The molecule has 0 amide bonds. The lowest BCUT2D eigenvalue weighted by molar-refractivity contribution is 0.454. The summed E-state index contributed by atoms with van der Waals surface area (Å²) in [4.78, 5) is 4.23. The van der Waals surface area contributed by atoms with E-state index in [-0.39, 0.29) is 5.75 Å². The highest BCUT2D eigenvalue weighted by molar-refractivity contribution is 5.33. The highest BCUT2D eigenvalue weighted by atomic mass is 16.5. The third-order valence-corrected chi connectivity index (χ3v) is 2.40. The summed E-state index contributed by atoms with van der Waals surface area (Å²) in [5.74, 6) is 1.46. The second-order valence-corrected chi connectivity index (χ2v) is 3.85. The molecule has 0 aliphatic heterocycles. The van der Waals surface area contributed by atoms with Crippen molar-refractivity contribution in [2.45, 2.75) is 19.8 Å². The van der Waals surface area contributed by atoms with Crippen LogP contribution in [-0.4, -0.2) is 10.1 Å². The summed E-state index contributed by atoms with van der Waals surface area (Å²) in [6, 6.07) is 10.5. The standard InChI is InChI=1S/C14H15NO2/c1-2-3-11-4-9-14(15-10-11)17-13-7-5-12(16)6-8-13/h4-10,16H,2-3H2,1H3.